The first kappa shape index (κ1) is 50.3. The number of nitrogens with one attached hydrogen (secondary N) is 4. The molecule has 8 N–H and O–H groups in total. The molecule has 5 rings (SSSR count). The minimum Gasteiger partial charge on any atom is -0.458 e. The molecule has 0 unspecified atom stereocenters. The second kappa shape index (κ2) is 24.0. The largest absolute Gasteiger partial charge is 0.458 e. The number of rotatable bonds is 21. The van der Waals surface area contributed by atoms with E-state index in [0.29, 0.717) is 57.0 Å². The van der Waals surface area contributed by atoms with Crippen molar-refractivity contribution in [2.45, 2.75) is 85.0 Å². The number of carbonyl (C=O) groups excluding carboxylic acids is 5. The number of alkyl carbamates (subject to hydrolysis) is 1. The molecule has 0 saturated carbocycles. The van der Waals surface area contributed by atoms with Crippen molar-refractivity contribution in [1.29, 1.82) is 0 Å². The van der Waals surface area contributed by atoms with Crippen molar-refractivity contribution in [3.8, 4) is 0 Å². The first-order valence-electron chi connectivity index (χ1n) is 22.1. The average molecular weight is 923 g/mol. The van der Waals surface area contributed by atoms with E-state index in [4.69, 9.17) is 32.2 Å². The number of carbonyl (C=O) groups is 5. The van der Waals surface area contributed by atoms with E-state index in [0.717, 1.165) is 11.1 Å². The van der Waals surface area contributed by atoms with E-state index in [2.05, 4.69) is 21.3 Å². The van der Waals surface area contributed by atoms with Gasteiger partial charge in [-0.15, -0.1) is 0 Å². The fourth-order valence-electron chi connectivity index (χ4n) is 7.37. The van der Waals surface area contributed by atoms with Gasteiger partial charge >= 0.3 is 12.1 Å². The Bertz CT molecular complexity index is 2510. The van der Waals surface area contributed by atoms with E-state index in [1.165, 1.54) is 0 Å². The van der Waals surface area contributed by atoms with Crippen LogP contribution in [0.15, 0.2) is 106 Å². The van der Waals surface area contributed by atoms with Crippen LogP contribution < -0.4 is 38.2 Å². The van der Waals surface area contributed by atoms with Crippen molar-refractivity contribution in [3.63, 3.8) is 0 Å². The zero-order chi connectivity index (χ0) is 47.9. The van der Waals surface area contributed by atoms with Crippen LogP contribution >= 0.6 is 11.6 Å². The summed E-state index contributed by atoms with van der Waals surface area (Å²) in [4.78, 5) is 80.5. The van der Waals surface area contributed by atoms with E-state index in [1.807, 2.05) is 63.2 Å². The second-order valence-corrected chi connectivity index (χ2v) is 17.4. The molecule has 16 heteroatoms. The van der Waals surface area contributed by atoms with E-state index in [9.17, 15) is 28.8 Å². The predicted molar refractivity (Wildman–Crippen MR) is 256 cm³/mol. The van der Waals surface area contributed by atoms with Gasteiger partial charge in [0.05, 0.1) is 17.5 Å². The Morgan fingerprint density at radius 1 is 0.803 bits per heavy atom. The summed E-state index contributed by atoms with van der Waals surface area (Å²) in [6.07, 6.45) is 0.544. The number of nitrogens with zero attached hydrogens (tertiary/aromatic N) is 1. The summed E-state index contributed by atoms with van der Waals surface area (Å²) in [6, 6.07) is 25.4. The van der Waals surface area contributed by atoms with Crippen molar-refractivity contribution >= 4 is 58.1 Å². The van der Waals surface area contributed by atoms with Gasteiger partial charge in [0, 0.05) is 54.0 Å². The zero-order valence-corrected chi connectivity index (χ0v) is 38.8. The van der Waals surface area contributed by atoms with Crippen LogP contribution in [0, 0.1) is 18.8 Å². The third-order valence-corrected chi connectivity index (χ3v) is 11.3. The van der Waals surface area contributed by atoms with Gasteiger partial charge in [-0.05, 0) is 85.5 Å². The van der Waals surface area contributed by atoms with E-state index in [1.54, 1.807) is 73.3 Å². The molecule has 1 heterocycles. The first-order chi connectivity index (χ1) is 31.5. The Morgan fingerprint density at radius 3 is 2.14 bits per heavy atom. The van der Waals surface area contributed by atoms with Crippen molar-refractivity contribution in [1.82, 2.24) is 20.9 Å². The molecule has 350 valence electrons. The second-order valence-electron chi connectivity index (χ2n) is 16.9. The van der Waals surface area contributed by atoms with Crippen LogP contribution in [-0.2, 0) is 27.4 Å². The van der Waals surface area contributed by atoms with Gasteiger partial charge in [-0.25, -0.2) is 9.59 Å². The molecule has 3 atom stereocenters. The van der Waals surface area contributed by atoms with Gasteiger partial charge in [0.15, 0.2) is 5.43 Å². The number of urea groups is 1. The summed E-state index contributed by atoms with van der Waals surface area (Å²) in [5.74, 6) is -1.19. The van der Waals surface area contributed by atoms with Crippen molar-refractivity contribution in [2.24, 2.45) is 23.3 Å². The van der Waals surface area contributed by atoms with E-state index < -0.39 is 42.1 Å². The predicted octanol–water partition coefficient (Wildman–Crippen LogP) is 7.36. The summed E-state index contributed by atoms with van der Waals surface area (Å²) in [7, 11) is 0. The number of fused-ring (bicyclic) bond motifs is 1. The lowest BCUT2D eigenvalue weighted by Gasteiger charge is -2.35. The molecule has 0 saturated heterocycles. The minimum absolute atomic E-state index is 0.0681. The number of anilines is 1. The van der Waals surface area contributed by atoms with Crippen molar-refractivity contribution in [2.75, 3.05) is 25.0 Å². The van der Waals surface area contributed by atoms with Gasteiger partial charge in [0.25, 0.3) is 5.91 Å². The topological polar surface area (TPSA) is 228 Å². The zero-order valence-electron chi connectivity index (χ0n) is 38.0. The standard InChI is InChI=1S/C50H60ClN7O8/c1-30(2)42(52)47(61)57-40(13-9-24-54-49(53)63)46(60)56-37-21-16-34(17-22-37)29-65-50(64)55-25-10-26-58(48(62)35-18-14-32(5)15-19-35)43(31(3)4)45-39(27-33-11-7-6-8-12-33)44(59)38-23-20-36(51)28-41(38)66-45/h6-8,11-12,14-23,28,30-31,40,42-43H,9-10,13,24-27,29,52H2,1-5H3,(H,55,64)(H,56,60)(H,57,61)(H3,53,54,63)/t40-,42-,43+/m0/s1. The number of halogens is 1. The summed E-state index contributed by atoms with van der Waals surface area (Å²) < 4.78 is 12.1. The number of benzene rings is 4. The van der Waals surface area contributed by atoms with Gasteiger partial charge in [-0.1, -0.05) is 99.5 Å². The Morgan fingerprint density at radius 2 is 1.48 bits per heavy atom. The van der Waals surface area contributed by atoms with Crippen LogP contribution in [0.5, 0.6) is 0 Å². The minimum atomic E-state index is -0.927. The molecule has 0 aliphatic heterocycles. The van der Waals surface area contributed by atoms with Crippen LogP contribution in [0.3, 0.4) is 0 Å². The fourth-order valence-corrected chi connectivity index (χ4v) is 7.53. The number of aryl methyl sites for hydroxylation is 1. The lowest BCUT2D eigenvalue weighted by Crippen LogP contribution is -2.51. The molecule has 0 bridgehead atoms. The fraction of sp³-hybridized carbons (Fsp3) is 0.360. The number of primary amides is 1. The smallest absolute Gasteiger partial charge is 0.407 e. The van der Waals surface area contributed by atoms with Crippen LogP contribution in [0.25, 0.3) is 11.0 Å². The number of hydrogen-bond donors (Lipinski definition) is 6. The molecule has 0 radical (unpaired) electrons. The molecular weight excluding hydrogens is 862 g/mol. The summed E-state index contributed by atoms with van der Waals surface area (Å²) in [5, 5.41) is 11.5. The highest BCUT2D eigenvalue weighted by molar-refractivity contribution is 6.31. The van der Waals surface area contributed by atoms with E-state index >= 15 is 0 Å². The Balaban J connectivity index is 1.25. The van der Waals surface area contributed by atoms with Gasteiger partial charge < -0.3 is 46.8 Å². The van der Waals surface area contributed by atoms with Crippen LogP contribution in [0.2, 0.25) is 5.02 Å². The maximum absolute atomic E-state index is 14.5. The Hall–Kier alpha value is -6.71. The number of amides is 6. The molecule has 0 aliphatic carbocycles. The molecule has 15 nitrogen and oxygen atoms in total. The van der Waals surface area contributed by atoms with Gasteiger partial charge in [0.2, 0.25) is 11.8 Å². The van der Waals surface area contributed by atoms with Gasteiger partial charge in [-0.3, -0.25) is 19.2 Å². The molecule has 1 aromatic heterocycles. The lowest BCUT2D eigenvalue weighted by molar-refractivity contribution is -0.128. The number of hydrogen-bond acceptors (Lipinski definition) is 9. The normalized spacial score (nSPS) is 12.6. The molecular formula is C50H60ClN7O8. The summed E-state index contributed by atoms with van der Waals surface area (Å²) in [5.41, 5.74) is 15.2. The maximum atomic E-state index is 14.5. The van der Waals surface area contributed by atoms with Gasteiger partial charge in [0.1, 0.15) is 24.0 Å². The molecule has 0 fully saturated rings. The molecule has 0 spiro atoms. The van der Waals surface area contributed by atoms with Crippen LogP contribution in [0.1, 0.15) is 91.4 Å². The number of ether oxygens (including phenoxy) is 1. The third kappa shape index (κ3) is 14.1. The lowest BCUT2D eigenvalue weighted by atomic mass is 9.91. The third-order valence-electron chi connectivity index (χ3n) is 11.1. The molecule has 66 heavy (non-hydrogen) atoms. The van der Waals surface area contributed by atoms with Crippen molar-refractivity contribution < 1.29 is 33.1 Å². The van der Waals surface area contributed by atoms with Crippen LogP contribution in [0.4, 0.5) is 15.3 Å². The molecule has 5 aromatic rings. The maximum Gasteiger partial charge on any atom is 0.407 e. The first-order valence-corrected chi connectivity index (χ1v) is 22.5. The SMILES string of the molecule is Cc1ccc(C(=O)N(CCCNC(=O)OCc2ccc(NC(=O)[C@H](CCCNC(N)=O)NC(=O)[C@@H](N)C(C)C)cc2)[C@@H](c2oc3cc(Cl)ccc3c(=O)c2Cc2ccccc2)C(C)C)cc1. The highest BCUT2D eigenvalue weighted by Gasteiger charge is 2.34. The highest BCUT2D eigenvalue weighted by atomic mass is 35.5. The quantitative estimate of drug-likeness (QED) is 0.0404. The number of nitrogens with two attached hydrogens (primary N) is 2. The molecule has 6 amide bonds. The average Bonchev–Trinajstić information content (AvgIpc) is 3.28. The van der Waals surface area contributed by atoms with Crippen molar-refractivity contribution in [3.05, 3.63) is 146 Å². The van der Waals surface area contributed by atoms with E-state index in [-0.39, 0.29) is 62.3 Å². The van der Waals surface area contributed by atoms with Crippen LogP contribution in [-0.4, -0.2) is 66.5 Å². The Kier molecular flexibility index (Phi) is 18.3. The molecule has 0 aliphatic rings. The Labute approximate surface area is 390 Å². The highest BCUT2D eigenvalue weighted by Crippen LogP contribution is 2.35. The summed E-state index contributed by atoms with van der Waals surface area (Å²) in [6.45, 7) is 10.0. The summed E-state index contributed by atoms with van der Waals surface area (Å²) >= 11 is 6.38. The molecule has 4 aromatic carbocycles. The monoisotopic (exact) mass is 921 g/mol. The van der Waals surface area contributed by atoms with Gasteiger partial charge in [-0.2, -0.15) is 0 Å².